The van der Waals surface area contributed by atoms with Crippen molar-refractivity contribution in [1.29, 1.82) is 0 Å². The Balaban J connectivity index is 4.56. The van der Waals surface area contributed by atoms with Gasteiger partial charge in [-0.2, -0.15) is 0 Å². The molecule has 0 saturated carbocycles. The first kappa shape index (κ1) is 14.1. The minimum absolute atomic E-state index is 0.781. The van der Waals surface area contributed by atoms with Crippen LogP contribution in [0.15, 0.2) is 0 Å². The highest BCUT2D eigenvalue weighted by molar-refractivity contribution is 6.76. The highest BCUT2D eigenvalue weighted by Crippen LogP contribution is 2.26. The van der Waals surface area contributed by atoms with Crippen LogP contribution in [0.5, 0.6) is 0 Å². The SMILES string of the molecule is CCCC[Si](NCC)(C(C)C)N(C)C. The molecule has 1 unspecified atom stereocenters. The Morgan fingerprint density at radius 3 is 2.07 bits per heavy atom. The summed E-state index contributed by atoms with van der Waals surface area (Å²) in [6.07, 6.45) is 2.66. The van der Waals surface area contributed by atoms with Crippen LogP contribution < -0.4 is 4.98 Å². The van der Waals surface area contributed by atoms with E-state index in [1.165, 1.54) is 18.9 Å². The lowest BCUT2D eigenvalue weighted by atomic mass is 10.4. The van der Waals surface area contributed by atoms with Gasteiger partial charge in [0.2, 0.25) is 8.40 Å². The number of hydrogen-bond donors (Lipinski definition) is 1. The Labute approximate surface area is 91.2 Å². The van der Waals surface area contributed by atoms with Crippen molar-refractivity contribution in [2.45, 2.75) is 52.1 Å². The van der Waals surface area contributed by atoms with Crippen molar-refractivity contribution in [2.24, 2.45) is 0 Å². The van der Waals surface area contributed by atoms with E-state index in [4.69, 9.17) is 0 Å². The zero-order valence-electron chi connectivity index (χ0n) is 10.9. The van der Waals surface area contributed by atoms with E-state index in [9.17, 15) is 0 Å². The van der Waals surface area contributed by atoms with Gasteiger partial charge in [-0.1, -0.05) is 40.5 Å². The lowest BCUT2D eigenvalue weighted by Gasteiger charge is -2.41. The lowest BCUT2D eigenvalue weighted by Crippen LogP contribution is -2.63. The number of nitrogens with zero attached hydrogens (tertiary/aromatic N) is 1. The van der Waals surface area contributed by atoms with Crippen LogP contribution in [0.4, 0.5) is 0 Å². The van der Waals surface area contributed by atoms with E-state index >= 15 is 0 Å². The molecule has 0 spiro atoms. The maximum absolute atomic E-state index is 3.79. The summed E-state index contributed by atoms with van der Waals surface area (Å²) in [6.45, 7) is 10.3. The molecule has 1 atom stereocenters. The van der Waals surface area contributed by atoms with Gasteiger partial charge in [-0.3, -0.25) is 0 Å². The summed E-state index contributed by atoms with van der Waals surface area (Å²) in [6, 6.07) is 1.38. The summed E-state index contributed by atoms with van der Waals surface area (Å²) < 4.78 is 2.48. The van der Waals surface area contributed by atoms with Crippen molar-refractivity contribution in [2.75, 3.05) is 20.6 Å². The predicted octanol–water partition coefficient (Wildman–Crippen LogP) is 2.81. The molecule has 0 aromatic heterocycles. The Kier molecular flexibility index (Phi) is 6.65. The summed E-state index contributed by atoms with van der Waals surface area (Å²) in [7, 11) is 3.09. The third-order valence-corrected chi connectivity index (χ3v) is 8.74. The van der Waals surface area contributed by atoms with E-state index in [-0.39, 0.29) is 0 Å². The Hall–Kier alpha value is 0.137. The van der Waals surface area contributed by atoms with Gasteiger partial charge in [0.1, 0.15) is 0 Å². The molecule has 0 aliphatic carbocycles. The number of rotatable bonds is 7. The molecule has 0 heterocycles. The molecule has 0 amide bonds. The van der Waals surface area contributed by atoms with Gasteiger partial charge < -0.3 is 9.55 Å². The molecule has 0 rings (SSSR count). The molecule has 0 radical (unpaired) electrons. The topological polar surface area (TPSA) is 15.3 Å². The van der Waals surface area contributed by atoms with Crippen molar-refractivity contribution in [3.05, 3.63) is 0 Å². The first-order valence-corrected chi connectivity index (χ1v) is 8.16. The van der Waals surface area contributed by atoms with Crippen molar-refractivity contribution < 1.29 is 0 Å². The van der Waals surface area contributed by atoms with E-state index in [1.54, 1.807) is 0 Å². The molecule has 0 saturated heterocycles. The summed E-state index contributed by atoms with van der Waals surface area (Å²) >= 11 is 0. The largest absolute Gasteiger partial charge is 0.325 e. The number of hydrogen-bond acceptors (Lipinski definition) is 2. The van der Waals surface area contributed by atoms with Crippen LogP contribution in [0.1, 0.15) is 40.5 Å². The molecule has 3 heteroatoms. The summed E-state index contributed by atoms with van der Waals surface area (Å²) in [5.74, 6) is 0. The molecule has 1 N–H and O–H groups in total. The lowest BCUT2D eigenvalue weighted by molar-refractivity contribution is 0.549. The van der Waals surface area contributed by atoms with Gasteiger partial charge in [0.25, 0.3) is 0 Å². The Bertz CT molecular complexity index is 138. The fraction of sp³-hybridized carbons (Fsp3) is 1.00. The summed E-state index contributed by atoms with van der Waals surface area (Å²) in [4.78, 5) is 3.79. The van der Waals surface area contributed by atoms with Crippen LogP contribution in [0.3, 0.4) is 0 Å². The van der Waals surface area contributed by atoms with Crippen molar-refractivity contribution in [3.8, 4) is 0 Å². The standard InChI is InChI=1S/C11H28N2Si/c1-7-9-10-14(11(3)4,12-8-2)13(5)6/h11-12H,7-10H2,1-6H3. The van der Waals surface area contributed by atoms with E-state index < -0.39 is 8.40 Å². The molecular formula is C11H28N2Si. The van der Waals surface area contributed by atoms with Crippen LogP contribution in [0.25, 0.3) is 0 Å². The molecule has 0 aromatic rings. The van der Waals surface area contributed by atoms with Gasteiger partial charge in [-0.15, -0.1) is 0 Å². The van der Waals surface area contributed by atoms with Crippen LogP contribution >= 0.6 is 0 Å². The Morgan fingerprint density at radius 1 is 1.21 bits per heavy atom. The second-order valence-corrected chi connectivity index (χ2v) is 9.36. The third kappa shape index (κ3) is 3.37. The predicted molar refractivity (Wildman–Crippen MR) is 67.9 cm³/mol. The fourth-order valence-electron chi connectivity index (χ4n) is 2.23. The Morgan fingerprint density at radius 2 is 1.79 bits per heavy atom. The molecule has 2 nitrogen and oxygen atoms in total. The molecule has 0 aliphatic rings. The fourth-order valence-corrected chi connectivity index (χ4v) is 6.70. The van der Waals surface area contributed by atoms with Crippen LogP contribution in [-0.2, 0) is 0 Å². The first-order chi connectivity index (χ1) is 6.51. The molecular weight excluding hydrogens is 188 g/mol. The van der Waals surface area contributed by atoms with Gasteiger partial charge in [0.05, 0.1) is 0 Å². The van der Waals surface area contributed by atoms with Crippen molar-refractivity contribution in [3.63, 3.8) is 0 Å². The van der Waals surface area contributed by atoms with Gasteiger partial charge in [-0.25, -0.2) is 0 Å². The van der Waals surface area contributed by atoms with Crippen molar-refractivity contribution in [1.82, 2.24) is 9.55 Å². The highest BCUT2D eigenvalue weighted by atomic mass is 28.3. The highest BCUT2D eigenvalue weighted by Gasteiger charge is 2.38. The number of unbranched alkanes of at least 4 members (excludes halogenated alkanes) is 1. The molecule has 0 aromatic carbocycles. The van der Waals surface area contributed by atoms with E-state index in [2.05, 4.69) is 51.3 Å². The average Bonchev–Trinajstić information content (AvgIpc) is 2.11. The van der Waals surface area contributed by atoms with Gasteiger partial charge in [0.15, 0.2) is 0 Å². The van der Waals surface area contributed by atoms with E-state index in [0.29, 0.717) is 0 Å². The minimum atomic E-state index is -1.39. The molecule has 0 bridgehead atoms. The smallest absolute Gasteiger partial charge is 0.206 e. The molecule has 0 aliphatic heterocycles. The zero-order chi connectivity index (χ0) is 11.2. The third-order valence-electron chi connectivity index (χ3n) is 3.15. The van der Waals surface area contributed by atoms with Gasteiger partial charge in [-0.05, 0) is 32.2 Å². The molecule has 86 valence electrons. The zero-order valence-corrected chi connectivity index (χ0v) is 11.9. The normalized spacial score (nSPS) is 16.3. The maximum atomic E-state index is 3.79. The van der Waals surface area contributed by atoms with Crippen LogP contribution in [-0.4, -0.2) is 33.6 Å². The quantitative estimate of drug-likeness (QED) is 0.658. The summed E-state index contributed by atoms with van der Waals surface area (Å²) in [5.41, 5.74) is 0.781. The average molecular weight is 216 g/mol. The maximum Gasteiger partial charge on any atom is 0.206 e. The van der Waals surface area contributed by atoms with Crippen molar-refractivity contribution >= 4 is 8.40 Å². The first-order valence-electron chi connectivity index (χ1n) is 5.93. The van der Waals surface area contributed by atoms with E-state index in [1.807, 2.05) is 0 Å². The van der Waals surface area contributed by atoms with E-state index in [0.717, 1.165) is 12.1 Å². The monoisotopic (exact) mass is 216 g/mol. The molecule has 14 heavy (non-hydrogen) atoms. The second-order valence-electron chi connectivity index (χ2n) is 4.61. The summed E-state index contributed by atoms with van der Waals surface area (Å²) in [5, 5.41) is 0. The second kappa shape index (κ2) is 6.59. The van der Waals surface area contributed by atoms with Crippen LogP contribution in [0.2, 0.25) is 11.6 Å². The molecule has 0 fully saturated rings. The number of nitrogens with one attached hydrogen (secondary N) is 1. The van der Waals surface area contributed by atoms with Crippen LogP contribution in [0, 0.1) is 0 Å². The van der Waals surface area contributed by atoms with Gasteiger partial charge in [0, 0.05) is 0 Å². The van der Waals surface area contributed by atoms with Gasteiger partial charge >= 0.3 is 0 Å². The minimum Gasteiger partial charge on any atom is -0.325 e.